The normalized spacial score (nSPS) is 13.0. The van der Waals surface area contributed by atoms with Crippen LogP contribution in [-0.2, 0) is 6.42 Å². The Bertz CT molecular complexity index is 665. The van der Waals surface area contributed by atoms with Crippen LogP contribution in [0, 0.1) is 0 Å². The molecule has 0 fully saturated rings. The summed E-state index contributed by atoms with van der Waals surface area (Å²) >= 11 is 0. The molecule has 1 heterocycles. The van der Waals surface area contributed by atoms with Crippen LogP contribution < -0.4 is 10.6 Å². The van der Waals surface area contributed by atoms with Crippen molar-refractivity contribution in [3.05, 3.63) is 65.2 Å². The van der Waals surface area contributed by atoms with Gasteiger partial charge in [-0.25, -0.2) is 0 Å². The van der Waals surface area contributed by atoms with E-state index in [1.54, 1.807) is 12.1 Å². The van der Waals surface area contributed by atoms with Crippen LogP contribution >= 0.6 is 0 Å². The zero-order valence-corrected chi connectivity index (χ0v) is 10.8. The highest BCUT2D eigenvalue weighted by Gasteiger charge is 2.26. The number of carbonyl (C=O) groups is 2. The van der Waals surface area contributed by atoms with Gasteiger partial charge in [-0.15, -0.1) is 0 Å². The first-order chi connectivity index (χ1) is 9.74. The molecule has 0 saturated heterocycles. The van der Waals surface area contributed by atoms with Crippen molar-refractivity contribution < 1.29 is 9.59 Å². The molecule has 2 N–H and O–H groups in total. The molecule has 0 aromatic heterocycles. The van der Waals surface area contributed by atoms with Crippen molar-refractivity contribution in [3.8, 4) is 0 Å². The number of amides is 2. The second-order valence-electron chi connectivity index (χ2n) is 4.71. The standard InChI is InChI=1S/C16H14N2O2/c19-15-13-7-6-12(10-14(13)16(20)18-15)17-9-8-11-4-2-1-3-5-11/h1-7,10,17H,8-9H2,(H,18,19,20). The molecule has 0 atom stereocenters. The first-order valence-electron chi connectivity index (χ1n) is 6.51. The van der Waals surface area contributed by atoms with Gasteiger partial charge >= 0.3 is 0 Å². The van der Waals surface area contributed by atoms with Crippen molar-refractivity contribution in [1.82, 2.24) is 5.32 Å². The van der Waals surface area contributed by atoms with Crippen LogP contribution in [0.1, 0.15) is 26.3 Å². The predicted octanol–water partition coefficient (Wildman–Crippen LogP) is 2.22. The lowest BCUT2D eigenvalue weighted by Gasteiger charge is -2.07. The highest BCUT2D eigenvalue weighted by atomic mass is 16.2. The Kier molecular flexibility index (Phi) is 3.21. The van der Waals surface area contributed by atoms with E-state index in [-0.39, 0.29) is 11.8 Å². The maximum absolute atomic E-state index is 11.6. The number of carbonyl (C=O) groups excluding carboxylic acids is 2. The van der Waals surface area contributed by atoms with Crippen LogP contribution in [0.3, 0.4) is 0 Å². The van der Waals surface area contributed by atoms with Gasteiger partial charge in [0.1, 0.15) is 0 Å². The van der Waals surface area contributed by atoms with E-state index in [1.807, 2.05) is 24.3 Å². The van der Waals surface area contributed by atoms with Crippen LogP contribution in [0.5, 0.6) is 0 Å². The van der Waals surface area contributed by atoms with Gasteiger partial charge in [0.25, 0.3) is 11.8 Å². The average molecular weight is 266 g/mol. The molecule has 0 spiro atoms. The van der Waals surface area contributed by atoms with E-state index in [4.69, 9.17) is 0 Å². The minimum Gasteiger partial charge on any atom is -0.385 e. The second kappa shape index (κ2) is 5.17. The van der Waals surface area contributed by atoms with Gasteiger partial charge in [-0.1, -0.05) is 30.3 Å². The van der Waals surface area contributed by atoms with E-state index < -0.39 is 0 Å². The highest BCUT2D eigenvalue weighted by molar-refractivity contribution is 6.21. The van der Waals surface area contributed by atoms with Gasteiger partial charge in [-0.05, 0) is 30.2 Å². The first kappa shape index (κ1) is 12.4. The van der Waals surface area contributed by atoms with E-state index in [1.165, 1.54) is 5.56 Å². The average Bonchev–Trinajstić information content (AvgIpc) is 2.75. The van der Waals surface area contributed by atoms with Crippen molar-refractivity contribution in [2.45, 2.75) is 6.42 Å². The lowest BCUT2D eigenvalue weighted by molar-refractivity contribution is 0.0879. The zero-order chi connectivity index (χ0) is 13.9. The fraction of sp³-hybridized carbons (Fsp3) is 0.125. The molecular formula is C16H14N2O2. The van der Waals surface area contributed by atoms with Crippen LogP contribution in [0.2, 0.25) is 0 Å². The molecule has 20 heavy (non-hydrogen) atoms. The zero-order valence-electron chi connectivity index (χ0n) is 10.8. The summed E-state index contributed by atoms with van der Waals surface area (Å²) in [5.74, 6) is -0.641. The maximum atomic E-state index is 11.6. The maximum Gasteiger partial charge on any atom is 0.259 e. The van der Waals surface area contributed by atoms with E-state index in [0.29, 0.717) is 11.1 Å². The summed E-state index contributed by atoms with van der Waals surface area (Å²) in [6, 6.07) is 15.4. The molecule has 2 amide bonds. The largest absolute Gasteiger partial charge is 0.385 e. The second-order valence-corrected chi connectivity index (χ2v) is 4.71. The summed E-state index contributed by atoms with van der Waals surface area (Å²) in [6.45, 7) is 0.776. The van der Waals surface area contributed by atoms with Crippen LogP contribution in [0.25, 0.3) is 0 Å². The Morgan fingerprint density at radius 3 is 2.45 bits per heavy atom. The summed E-state index contributed by atoms with van der Waals surface area (Å²) in [7, 11) is 0. The van der Waals surface area contributed by atoms with Gasteiger partial charge in [0.2, 0.25) is 0 Å². The summed E-state index contributed by atoms with van der Waals surface area (Å²) in [4.78, 5) is 23.0. The van der Waals surface area contributed by atoms with E-state index in [0.717, 1.165) is 18.7 Å². The lowest BCUT2D eigenvalue weighted by Crippen LogP contribution is -2.19. The molecule has 2 aromatic rings. The van der Waals surface area contributed by atoms with Gasteiger partial charge in [0, 0.05) is 12.2 Å². The summed E-state index contributed by atoms with van der Waals surface area (Å²) in [6.07, 6.45) is 0.906. The molecule has 0 bridgehead atoms. The first-order valence-corrected chi connectivity index (χ1v) is 6.51. The third kappa shape index (κ3) is 2.40. The fourth-order valence-electron chi connectivity index (χ4n) is 2.27. The van der Waals surface area contributed by atoms with Gasteiger partial charge < -0.3 is 5.32 Å². The molecule has 1 aliphatic heterocycles. The third-order valence-electron chi connectivity index (χ3n) is 3.32. The van der Waals surface area contributed by atoms with Gasteiger partial charge in [0.15, 0.2) is 0 Å². The Hall–Kier alpha value is -2.62. The molecule has 0 saturated carbocycles. The van der Waals surface area contributed by atoms with Gasteiger partial charge in [0.05, 0.1) is 11.1 Å². The molecule has 100 valence electrons. The number of rotatable bonds is 4. The van der Waals surface area contributed by atoms with Crippen LogP contribution in [0.15, 0.2) is 48.5 Å². The minimum absolute atomic E-state index is 0.319. The van der Waals surface area contributed by atoms with Crippen LogP contribution in [0.4, 0.5) is 5.69 Å². The van der Waals surface area contributed by atoms with Crippen molar-refractivity contribution >= 4 is 17.5 Å². The number of imide groups is 1. The molecule has 0 unspecified atom stereocenters. The molecule has 4 nitrogen and oxygen atoms in total. The molecule has 1 aliphatic rings. The number of hydrogen-bond acceptors (Lipinski definition) is 3. The Balaban J connectivity index is 1.66. The smallest absolute Gasteiger partial charge is 0.259 e. The predicted molar refractivity (Wildman–Crippen MR) is 76.9 cm³/mol. The summed E-state index contributed by atoms with van der Waals surface area (Å²) in [5, 5.41) is 5.55. The molecule has 2 aromatic carbocycles. The van der Waals surface area contributed by atoms with Crippen molar-refractivity contribution in [1.29, 1.82) is 0 Å². The van der Waals surface area contributed by atoms with Gasteiger partial charge in [-0.2, -0.15) is 0 Å². The summed E-state index contributed by atoms with van der Waals surface area (Å²) in [5.41, 5.74) is 3.00. The Labute approximate surface area is 116 Å². The lowest BCUT2D eigenvalue weighted by atomic mass is 10.1. The number of hydrogen-bond donors (Lipinski definition) is 2. The Morgan fingerprint density at radius 1 is 0.900 bits per heavy atom. The van der Waals surface area contributed by atoms with E-state index in [9.17, 15) is 9.59 Å². The van der Waals surface area contributed by atoms with Gasteiger partial charge in [-0.3, -0.25) is 14.9 Å². The molecule has 4 heteroatoms. The Morgan fingerprint density at radius 2 is 1.65 bits per heavy atom. The van der Waals surface area contributed by atoms with E-state index in [2.05, 4.69) is 22.8 Å². The number of benzene rings is 2. The number of nitrogens with one attached hydrogen (secondary N) is 2. The number of fused-ring (bicyclic) bond motifs is 1. The SMILES string of the molecule is O=C1NC(=O)c2cc(NCCc3ccccc3)ccc21. The van der Waals surface area contributed by atoms with Crippen molar-refractivity contribution in [2.24, 2.45) is 0 Å². The molecule has 0 radical (unpaired) electrons. The molecule has 0 aliphatic carbocycles. The van der Waals surface area contributed by atoms with Crippen molar-refractivity contribution in [2.75, 3.05) is 11.9 Å². The quantitative estimate of drug-likeness (QED) is 0.834. The topological polar surface area (TPSA) is 58.2 Å². The monoisotopic (exact) mass is 266 g/mol. The molecule has 3 rings (SSSR count). The fourth-order valence-corrected chi connectivity index (χ4v) is 2.27. The van der Waals surface area contributed by atoms with Crippen molar-refractivity contribution in [3.63, 3.8) is 0 Å². The third-order valence-corrected chi connectivity index (χ3v) is 3.32. The highest BCUT2D eigenvalue weighted by Crippen LogP contribution is 2.20. The minimum atomic E-state index is -0.322. The number of anilines is 1. The molecular weight excluding hydrogens is 252 g/mol. The summed E-state index contributed by atoms with van der Waals surface area (Å²) < 4.78 is 0. The van der Waals surface area contributed by atoms with Crippen LogP contribution in [-0.4, -0.2) is 18.4 Å². The van der Waals surface area contributed by atoms with E-state index >= 15 is 0 Å².